The highest BCUT2D eigenvalue weighted by molar-refractivity contribution is 7.20. The van der Waals surface area contributed by atoms with Crippen LogP contribution in [0, 0.1) is 45.1 Å². The smallest absolute Gasteiger partial charge is 0.351 e. The summed E-state index contributed by atoms with van der Waals surface area (Å²) in [6.07, 6.45) is 0. The molecule has 0 saturated carbocycles. The van der Waals surface area contributed by atoms with Crippen molar-refractivity contribution in [2.45, 2.75) is 27.7 Å². The van der Waals surface area contributed by atoms with E-state index in [4.69, 9.17) is 9.83 Å². The van der Waals surface area contributed by atoms with Gasteiger partial charge in [0.25, 0.3) is 0 Å². The van der Waals surface area contributed by atoms with Gasteiger partial charge in [-0.3, -0.25) is 0 Å². The summed E-state index contributed by atoms with van der Waals surface area (Å²) >= 11 is 2.78. The van der Waals surface area contributed by atoms with Crippen LogP contribution < -0.4 is 0 Å². The van der Waals surface area contributed by atoms with Crippen LogP contribution in [0.4, 0.5) is 5.69 Å². The normalized spacial score (nSPS) is 12.3. The molecule has 0 bridgehead atoms. The SMILES string of the molecule is Cc1ccc(/C(O)=C(/C#[N+]c2cc(C)c(C)cc2/C(O)=C(\C#N)c2nc3ccccc3s2)c2nc3ccccc3s2)cc1C. The Morgan fingerprint density at radius 1 is 0.682 bits per heavy atom. The summed E-state index contributed by atoms with van der Waals surface area (Å²) in [5.74, 6) is -0.229. The van der Waals surface area contributed by atoms with E-state index in [0.717, 1.165) is 42.7 Å². The number of hydrogen-bond acceptors (Lipinski definition) is 7. The molecule has 6 nitrogen and oxygen atoms in total. The maximum atomic E-state index is 11.6. The van der Waals surface area contributed by atoms with Crippen LogP contribution in [0.3, 0.4) is 0 Å². The second-order valence-corrected chi connectivity index (χ2v) is 12.6. The van der Waals surface area contributed by atoms with Gasteiger partial charge in [-0.15, -0.1) is 22.7 Å². The molecule has 0 aliphatic rings. The van der Waals surface area contributed by atoms with Gasteiger partial charge in [0.15, 0.2) is 11.3 Å². The van der Waals surface area contributed by atoms with Crippen LogP contribution in [0.2, 0.25) is 0 Å². The van der Waals surface area contributed by atoms with E-state index < -0.39 is 0 Å². The highest BCUT2D eigenvalue weighted by Crippen LogP contribution is 2.37. The minimum atomic E-state index is -0.223. The molecule has 2 heterocycles. The average molecular weight is 612 g/mol. The number of allylic oxidation sites excluding steroid dienone is 2. The second kappa shape index (κ2) is 11.8. The fourth-order valence-corrected chi connectivity index (χ4v) is 6.65. The Labute approximate surface area is 263 Å². The predicted molar refractivity (Wildman–Crippen MR) is 182 cm³/mol. The van der Waals surface area contributed by atoms with Crippen LogP contribution in [0.1, 0.15) is 43.4 Å². The minimum Gasteiger partial charge on any atom is -0.506 e. The topological polar surface area (TPSA) is 94.4 Å². The Morgan fingerprint density at radius 3 is 1.84 bits per heavy atom. The zero-order valence-corrected chi connectivity index (χ0v) is 26.1. The van der Waals surface area contributed by atoms with Gasteiger partial charge in [-0.1, -0.05) is 36.4 Å². The third kappa shape index (κ3) is 5.45. The first-order valence-corrected chi connectivity index (χ1v) is 15.5. The molecule has 44 heavy (non-hydrogen) atoms. The Hall–Kier alpha value is -5.28. The van der Waals surface area contributed by atoms with Gasteiger partial charge in [0.05, 0.1) is 20.4 Å². The number of nitriles is 1. The average Bonchev–Trinajstić information content (AvgIpc) is 3.64. The Morgan fingerprint density at radius 2 is 1.25 bits per heavy atom. The summed E-state index contributed by atoms with van der Waals surface area (Å²) in [5.41, 5.74) is 7.36. The molecule has 0 unspecified atom stereocenters. The molecule has 2 aromatic heterocycles. The Bertz CT molecular complexity index is 2210. The van der Waals surface area contributed by atoms with E-state index in [2.05, 4.69) is 17.1 Å². The van der Waals surface area contributed by atoms with Crippen molar-refractivity contribution in [1.29, 1.82) is 5.26 Å². The van der Waals surface area contributed by atoms with Crippen LogP contribution in [0.15, 0.2) is 78.9 Å². The van der Waals surface area contributed by atoms with Gasteiger partial charge < -0.3 is 10.2 Å². The second-order valence-electron chi connectivity index (χ2n) is 10.5. The molecule has 214 valence electrons. The fraction of sp³-hybridized carbons (Fsp3) is 0.111. The lowest BCUT2D eigenvalue weighted by molar-refractivity contribution is 0.514. The molecule has 6 aromatic rings. The maximum absolute atomic E-state index is 11.6. The van der Waals surface area contributed by atoms with Crippen molar-refractivity contribution in [3.8, 4) is 12.1 Å². The molecule has 4 aromatic carbocycles. The van der Waals surface area contributed by atoms with Crippen LogP contribution >= 0.6 is 22.7 Å². The lowest BCUT2D eigenvalue weighted by atomic mass is 10.0. The summed E-state index contributed by atoms with van der Waals surface area (Å²) in [4.78, 5) is 14.1. The van der Waals surface area contributed by atoms with Crippen molar-refractivity contribution >= 4 is 71.5 Å². The molecular formula is C36H27N4O2S2+. The van der Waals surface area contributed by atoms with Crippen molar-refractivity contribution < 1.29 is 10.2 Å². The molecular weight excluding hydrogens is 585 g/mol. The van der Waals surface area contributed by atoms with Crippen LogP contribution in [0.25, 0.3) is 47.9 Å². The summed E-state index contributed by atoms with van der Waals surface area (Å²) in [6.45, 7) is 7.91. The van der Waals surface area contributed by atoms with E-state index in [0.29, 0.717) is 32.4 Å². The molecule has 6 rings (SSSR count). The lowest BCUT2D eigenvalue weighted by Crippen LogP contribution is -1.94. The first-order chi connectivity index (χ1) is 21.2. The van der Waals surface area contributed by atoms with E-state index in [9.17, 15) is 15.5 Å². The Balaban J connectivity index is 1.55. The predicted octanol–water partition coefficient (Wildman–Crippen LogP) is 10.2. The number of benzene rings is 4. The van der Waals surface area contributed by atoms with E-state index >= 15 is 0 Å². The summed E-state index contributed by atoms with van der Waals surface area (Å²) < 4.78 is 1.89. The molecule has 0 amide bonds. The van der Waals surface area contributed by atoms with E-state index in [-0.39, 0.29) is 17.1 Å². The first-order valence-electron chi connectivity index (χ1n) is 13.9. The minimum absolute atomic E-state index is 0.00626. The summed E-state index contributed by atoms with van der Waals surface area (Å²) in [6, 6.07) is 30.0. The first kappa shape index (κ1) is 28.8. The molecule has 0 aliphatic heterocycles. The van der Waals surface area contributed by atoms with Gasteiger partial charge in [-0.2, -0.15) is 5.26 Å². The lowest BCUT2D eigenvalue weighted by Gasteiger charge is -2.05. The van der Waals surface area contributed by atoms with E-state index in [1.54, 1.807) is 6.07 Å². The number of aryl methyl sites for hydroxylation is 4. The van der Waals surface area contributed by atoms with Gasteiger partial charge in [-0.25, -0.2) is 9.97 Å². The maximum Gasteiger partial charge on any atom is 0.351 e. The highest BCUT2D eigenvalue weighted by Gasteiger charge is 2.25. The van der Waals surface area contributed by atoms with Gasteiger partial charge in [0.2, 0.25) is 0 Å². The van der Waals surface area contributed by atoms with Crippen molar-refractivity contribution in [3.63, 3.8) is 0 Å². The van der Waals surface area contributed by atoms with Gasteiger partial charge in [-0.05, 0) is 91.2 Å². The monoisotopic (exact) mass is 611 g/mol. The third-order valence-corrected chi connectivity index (χ3v) is 9.64. The molecule has 2 N–H and O–H groups in total. The van der Waals surface area contributed by atoms with E-state index in [1.165, 1.54) is 22.7 Å². The zero-order valence-electron chi connectivity index (χ0n) is 24.5. The molecule has 0 atom stereocenters. The molecule has 0 spiro atoms. The van der Waals surface area contributed by atoms with E-state index in [1.807, 2.05) is 100 Å². The fourth-order valence-electron chi connectivity index (χ4n) is 4.73. The summed E-state index contributed by atoms with van der Waals surface area (Å²) in [5, 5.41) is 34.2. The number of aromatic nitrogens is 2. The molecule has 0 fully saturated rings. The standard InChI is InChI=1S/C36H26N4O2S2/c1-20-13-14-24(15-21(20)2)33(41)27(36-40-29-10-6-8-12-32(29)44-36)19-38-30-17-23(4)22(3)16-25(30)34(42)26(18-37)35-39-28-9-5-7-11-31(28)43-35/h5-17H,1-4H3,(H,39,42)/p+1. The van der Waals surface area contributed by atoms with Crippen molar-refractivity contribution in [2.24, 2.45) is 0 Å². The van der Waals surface area contributed by atoms with Crippen LogP contribution in [-0.4, -0.2) is 20.2 Å². The van der Waals surface area contributed by atoms with Gasteiger partial charge in [0.1, 0.15) is 33.0 Å². The van der Waals surface area contributed by atoms with Crippen molar-refractivity contribution in [2.75, 3.05) is 0 Å². The number of aliphatic hydroxyl groups is 2. The molecule has 0 radical (unpaired) electrons. The van der Waals surface area contributed by atoms with Crippen molar-refractivity contribution in [3.05, 3.63) is 127 Å². The number of fused-ring (bicyclic) bond motifs is 2. The summed E-state index contributed by atoms with van der Waals surface area (Å²) in [7, 11) is 0. The number of rotatable bonds is 4. The van der Waals surface area contributed by atoms with Crippen LogP contribution in [-0.2, 0) is 0 Å². The van der Waals surface area contributed by atoms with Crippen LogP contribution in [0.5, 0.6) is 0 Å². The molecule has 0 aliphatic carbocycles. The largest absolute Gasteiger partial charge is 0.506 e. The van der Waals surface area contributed by atoms with Gasteiger partial charge >= 0.3 is 11.8 Å². The number of para-hydroxylation sites is 2. The number of hydrogen-bond donors (Lipinski definition) is 2. The number of nitrogens with zero attached hydrogens (tertiary/aromatic N) is 4. The highest BCUT2D eigenvalue weighted by atomic mass is 32.1. The number of thiazole rings is 2. The Kier molecular flexibility index (Phi) is 7.71. The zero-order chi connectivity index (χ0) is 31.0. The van der Waals surface area contributed by atoms with Gasteiger partial charge in [0, 0.05) is 11.6 Å². The molecule has 0 saturated heterocycles. The quantitative estimate of drug-likeness (QED) is 0.153. The third-order valence-electron chi connectivity index (χ3n) is 7.54. The van der Waals surface area contributed by atoms with Crippen molar-refractivity contribution in [1.82, 2.24) is 9.97 Å². The molecule has 8 heteroatoms. The number of aliphatic hydroxyl groups excluding tert-OH is 2.